The van der Waals surface area contributed by atoms with Gasteiger partial charge < -0.3 is 9.64 Å². The van der Waals surface area contributed by atoms with Crippen LogP contribution in [0.5, 0.6) is 0 Å². The van der Waals surface area contributed by atoms with E-state index in [0.717, 1.165) is 37.3 Å². The third-order valence-corrected chi connectivity index (χ3v) is 3.87. The van der Waals surface area contributed by atoms with Gasteiger partial charge in [-0.15, -0.1) is 0 Å². The van der Waals surface area contributed by atoms with E-state index in [4.69, 9.17) is 4.74 Å². The summed E-state index contributed by atoms with van der Waals surface area (Å²) in [5.41, 5.74) is 0.402. The molecule has 0 aromatic heterocycles. The molecule has 0 aliphatic carbocycles. The quantitative estimate of drug-likeness (QED) is 0.756. The van der Waals surface area contributed by atoms with E-state index in [2.05, 4.69) is 11.9 Å². The number of ether oxygens (including phenoxy) is 1. The van der Waals surface area contributed by atoms with Gasteiger partial charge in [0, 0.05) is 37.6 Å². The van der Waals surface area contributed by atoms with Gasteiger partial charge >= 0.3 is 0 Å². The molecule has 18 heavy (non-hydrogen) atoms. The fraction of sp³-hybridized carbons (Fsp3) is 0.400. The molecule has 0 unspecified atom stereocenters. The van der Waals surface area contributed by atoms with E-state index in [1.165, 1.54) is 0 Å². The Labute approximate surface area is 107 Å². The van der Waals surface area contributed by atoms with Gasteiger partial charge in [-0.05, 0) is 7.05 Å². The fourth-order valence-electron chi connectivity index (χ4n) is 2.61. The Bertz CT molecular complexity index is 484. The maximum absolute atomic E-state index is 12.2. The van der Waals surface area contributed by atoms with Gasteiger partial charge in [0.2, 0.25) is 5.78 Å². The van der Waals surface area contributed by atoms with Crippen molar-refractivity contribution in [1.82, 2.24) is 4.90 Å². The van der Waals surface area contributed by atoms with Crippen LogP contribution in [0.3, 0.4) is 0 Å². The van der Waals surface area contributed by atoms with Crippen LogP contribution in [0.25, 0.3) is 5.76 Å². The third-order valence-electron chi connectivity index (χ3n) is 3.87. The molecule has 1 saturated heterocycles. The van der Waals surface area contributed by atoms with Crippen LogP contribution in [-0.2, 0) is 9.53 Å². The average Bonchev–Trinajstić information content (AvgIpc) is 2.72. The second-order valence-electron chi connectivity index (χ2n) is 5.14. The number of hydrogen-bond acceptors (Lipinski definition) is 3. The molecule has 1 spiro atoms. The Hall–Kier alpha value is -1.61. The van der Waals surface area contributed by atoms with Gasteiger partial charge in [0.1, 0.15) is 5.76 Å². The van der Waals surface area contributed by atoms with Crippen molar-refractivity contribution in [3.05, 3.63) is 42.0 Å². The van der Waals surface area contributed by atoms with E-state index in [1.807, 2.05) is 30.3 Å². The lowest BCUT2D eigenvalue weighted by molar-refractivity contribution is -0.132. The van der Waals surface area contributed by atoms with Crippen molar-refractivity contribution in [2.45, 2.75) is 18.4 Å². The first kappa shape index (κ1) is 11.5. The van der Waals surface area contributed by atoms with E-state index in [0.29, 0.717) is 0 Å². The van der Waals surface area contributed by atoms with Gasteiger partial charge in [-0.2, -0.15) is 0 Å². The molecular weight excluding hydrogens is 226 g/mol. The molecule has 0 N–H and O–H groups in total. The Kier molecular flexibility index (Phi) is 2.71. The lowest BCUT2D eigenvalue weighted by Gasteiger charge is -2.36. The number of carbonyl (C=O) groups is 1. The van der Waals surface area contributed by atoms with Crippen LogP contribution in [0.1, 0.15) is 18.4 Å². The predicted molar refractivity (Wildman–Crippen MR) is 70.0 cm³/mol. The third kappa shape index (κ3) is 1.85. The van der Waals surface area contributed by atoms with Gasteiger partial charge in [-0.25, -0.2) is 0 Å². The summed E-state index contributed by atoms with van der Waals surface area (Å²) in [5, 5.41) is 0. The van der Waals surface area contributed by atoms with Gasteiger partial charge in [-0.3, -0.25) is 4.79 Å². The van der Waals surface area contributed by atoms with Crippen molar-refractivity contribution < 1.29 is 9.53 Å². The molecule has 0 bridgehead atoms. The highest BCUT2D eigenvalue weighted by atomic mass is 16.5. The maximum atomic E-state index is 12.2. The van der Waals surface area contributed by atoms with Crippen LogP contribution in [0.2, 0.25) is 0 Å². The molecule has 1 aromatic carbocycles. The monoisotopic (exact) mass is 243 g/mol. The minimum atomic E-state index is -0.586. The van der Waals surface area contributed by atoms with Crippen LogP contribution >= 0.6 is 0 Å². The number of hydrogen-bond donors (Lipinski definition) is 0. The second kappa shape index (κ2) is 4.25. The fourth-order valence-corrected chi connectivity index (χ4v) is 2.61. The Balaban J connectivity index is 1.83. The number of likely N-dealkylation sites (tertiary alicyclic amines) is 1. The molecule has 3 rings (SSSR count). The molecule has 3 heteroatoms. The minimum absolute atomic E-state index is 0.134. The van der Waals surface area contributed by atoms with Crippen molar-refractivity contribution in [1.29, 1.82) is 0 Å². The summed E-state index contributed by atoms with van der Waals surface area (Å²) in [7, 11) is 2.08. The van der Waals surface area contributed by atoms with Gasteiger partial charge in [0.05, 0.1) is 0 Å². The predicted octanol–water partition coefficient (Wildman–Crippen LogP) is 2.09. The van der Waals surface area contributed by atoms with Gasteiger partial charge in [0.25, 0.3) is 0 Å². The Morgan fingerprint density at radius 1 is 1.17 bits per heavy atom. The number of ketones is 1. The highest BCUT2D eigenvalue weighted by molar-refractivity contribution is 6.05. The molecule has 3 nitrogen and oxygen atoms in total. The van der Waals surface area contributed by atoms with Crippen LogP contribution < -0.4 is 0 Å². The molecule has 2 aliphatic rings. The summed E-state index contributed by atoms with van der Waals surface area (Å²) in [6, 6.07) is 9.85. The maximum Gasteiger partial charge on any atom is 0.203 e. The molecular formula is C15H17NO2. The number of nitrogens with zero attached hydrogens (tertiary/aromatic N) is 1. The van der Waals surface area contributed by atoms with Crippen molar-refractivity contribution in [3.63, 3.8) is 0 Å². The Morgan fingerprint density at radius 2 is 1.83 bits per heavy atom. The summed E-state index contributed by atoms with van der Waals surface area (Å²) in [4.78, 5) is 14.5. The zero-order valence-corrected chi connectivity index (χ0v) is 10.6. The lowest BCUT2D eigenvalue weighted by atomic mass is 9.88. The van der Waals surface area contributed by atoms with Crippen LogP contribution in [-0.4, -0.2) is 36.4 Å². The van der Waals surface area contributed by atoms with E-state index in [9.17, 15) is 4.79 Å². The minimum Gasteiger partial charge on any atom is -0.478 e. The highest BCUT2D eigenvalue weighted by Gasteiger charge is 2.46. The van der Waals surface area contributed by atoms with Crippen molar-refractivity contribution >= 4 is 11.5 Å². The number of rotatable bonds is 1. The molecule has 0 amide bonds. The summed E-state index contributed by atoms with van der Waals surface area (Å²) in [6.07, 6.45) is 3.24. The molecule has 2 heterocycles. The molecule has 0 radical (unpaired) electrons. The van der Waals surface area contributed by atoms with E-state index in [-0.39, 0.29) is 5.78 Å². The average molecular weight is 243 g/mol. The van der Waals surface area contributed by atoms with E-state index in [1.54, 1.807) is 6.08 Å². The van der Waals surface area contributed by atoms with Crippen LogP contribution in [0.4, 0.5) is 0 Å². The van der Waals surface area contributed by atoms with Crippen molar-refractivity contribution in [2.75, 3.05) is 20.1 Å². The van der Waals surface area contributed by atoms with Crippen molar-refractivity contribution in [2.24, 2.45) is 0 Å². The first-order valence-electron chi connectivity index (χ1n) is 6.39. The second-order valence-corrected chi connectivity index (χ2v) is 5.14. The number of piperidine rings is 1. The summed E-state index contributed by atoms with van der Waals surface area (Å²) >= 11 is 0. The highest BCUT2D eigenvalue weighted by Crippen LogP contribution is 2.38. The van der Waals surface area contributed by atoms with E-state index < -0.39 is 5.60 Å². The smallest absolute Gasteiger partial charge is 0.203 e. The molecule has 0 saturated carbocycles. The van der Waals surface area contributed by atoms with Gasteiger partial charge in [-0.1, -0.05) is 30.3 Å². The Morgan fingerprint density at radius 3 is 2.50 bits per heavy atom. The molecule has 0 atom stereocenters. The zero-order valence-electron chi connectivity index (χ0n) is 10.6. The molecule has 2 aliphatic heterocycles. The number of carbonyl (C=O) groups excluding carboxylic acids is 1. The molecule has 94 valence electrons. The van der Waals surface area contributed by atoms with E-state index >= 15 is 0 Å². The SMILES string of the molecule is CN1CCC2(CC1)OC(c1ccccc1)=CC2=O. The summed E-state index contributed by atoms with van der Waals surface area (Å²) in [6.45, 7) is 1.84. The zero-order chi connectivity index (χ0) is 12.6. The standard InChI is InChI=1S/C15H17NO2/c1-16-9-7-15(8-10-16)14(17)11-13(18-15)12-5-3-2-4-6-12/h2-6,11H,7-10H2,1H3. The largest absolute Gasteiger partial charge is 0.478 e. The normalized spacial score (nSPS) is 22.9. The van der Waals surface area contributed by atoms with Gasteiger partial charge in [0.15, 0.2) is 5.60 Å². The lowest BCUT2D eigenvalue weighted by Crippen LogP contribution is -2.47. The summed E-state index contributed by atoms with van der Waals surface area (Å²) in [5.74, 6) is 0.861. The van der Waals surface area contributed by atoms with Crippen LogP contribution in [0, 0.1) is 0 Å². The van der Waals surface area contributed by atoms with Crippen LogP contribution in [0.15, 0.2) is 36.4 Å². The number of benzene rings is 1. The topological polar surface area (TPSA) is 29.5 Å². The summed E-state index contributed by atoms with van der Waals surface area (Å²) < 4.78 is 6.02. The molecule has 1 aromatic rings. The molecule has 1 fully saturated rings. The first-order valence-corrected chi connectivity index (χ1v) is 6.39. The van der Waals surface area contributed by atoms with Crippen molar-refractivity contribution in [3.8, 4) is 0 Å². The first-order chi connectivity index (χ1) is 8.70.